The molecule has 0 N–H and O–H groups in total. The van der Waals surface area contributed by atoms with E-state index >= 15 is 0 Å². The van der Waals surface area contributed by atoms with Crippen molar-refractivity contribution in [2.24, 2.45) is 0 Å². The van der Waals surface area contributed by atoms with Crippen LogP contribution in [0.2, 0.25) is 10.3 Å². The van der Waals surface area contributed by atoms with Crippen LogP contribution in [0.25, 0.3) is 0 Å². The first-order valence-electron chi connectivity index (χ1n) is 7.41. The van der Waals surface area contributed by atoms with E-state index in [1.165, 1.54) is 24.0 Å². The third-order valence-corrected chi connectivity index (χ3v) is 4.72. The number of benzene rings is 1. The summed E-state index contributed by atoms with van der Waals surface area (Å²) in [7, 11) is 0. The second-order valence-corrected chi connectivity index (χ2v) is 6.49. The first kappa shape index (κ1) is 14.8. The fourth-order valence-electron chi connectivity index (χ4n) is 2.98. The Kier molecular flexibility index (Phi) is 4.46. The van der Waals surface area contributed by atoms with Crippen molar-refractivity contribution >= 4 is 23.2 Å². The molecule has 0 aliphatic heterocycles. The predicted molar refractivity (Wildman–Crippen MR) is 87.2 cm³/mol. The predicted octanol–water partition coefficient (Wildman–Crippen LogP) is 5.34. The van der Waals surface area contributed by atoms with Crippen LogP contribution < -0.4 is 0 Å². The molecule has 1 saturated carbocycles. The summed E-state index contributed by atoms with van der Waals surface area (Å²) in [4.78, 5) is 8.93. The number of aromatic nitrogens is 2. The zero-order valence-corrected chi connectivity index (χ0v) is 13.6. The molecule has 0 unspecified atom stereocenters. The van der Waals surface area contributed by atoms with Gasteiger partial charge in [-0.1, -0.05) is 65.9 Å². The van der Waals surface area contributed by atoms with Crippen LogP contribution in [0.1, 0.15) is 54.1 Å². The summed E-state index contributed by atoms with van der Waals surface area (Å²) < 4.78 is 0. The van der Waals surface area contributed by atoms with E-state index in [1.54, 1.807) is 0 Å². The van der Waals surface area contributed by atoms with E-state index in [0.29, 0.717) is 28.5 Å². The van der Waals surface area contributed by atoms with Crippen LogP contribution >= 0.6 is 23.2 Å². The van der Waals surface area contributed by atoms with E-state index in [1.807, 2.05) is 0 Å². The molecule has 0 saturated heterocycles. The molecule has 4 heteroatoms. The monoisotopic (exact) mass is 320 g/mol. The van der Waals surface area contributed by atoms with Crippen LogP contribution in [-0.4, -0.2) is 9.97 Å². The maximum atomic E-state index is 6.37. The lowest BCUT2D eigenvalue weighted by molar-refractivity contribution is 0.710. The van der Waals surface area contributed by atoms with E-state index in [2.05, 4.69) is 41.2 Å². The van der Waals surface area contributed by atoms with Crippen molar-refractivity contribution in [1.82, 2.24) is 9.97 Å². The topological polar surface area (TPSA) is 25.8 Å². The minimum Gasteiger partial charge on any atom is -0.220 e. The average Bonchev–Trinajstić information content (AvgIpc) is 2.94. The summed E-state index contributed by atoms with van der Waals surface area (Å²) in [5.74, 6) is 1.12. The van der Waals surface area contributed by atoms with Gasteiger partial charge in [-0.25, -0.2) is 9.97 Å². The Morgan fingerprint density at radius 2 is 1.57 bits per heavy atom. The van der Waals surface area contributed by atoms with Crippen LogP contribution in [-0.2, 0) is 6.42 Å². The molecular formula is C17H18Cl2N2. The van der Waals surface area contributed by atoms with Gasteiger partial charge in [-0.15, -0.1) is 0 Å². The molecule has 1 aliphatic rings. The number of aryl methyl sites for hydroxylation is 1. The molecule has 2 aromatic rings. The SMILES string of the molecule is Cc1ccc(Cc2nc(Cl)c(C3CCCC3)c(Cl)n2)cc1. The van der Waals surface area contributed by atoms with Crippen LogP contribution in [0.3, 0.4) is 0 Å². The zero-order chi connectivity index (χ0) is 14.8. The first-order valence-corrected chi connectivity index (χ1v) is 8.16. The second kappa shape index (κ2) is 6.33. The molecular weight excluding hydrogens is 303 g/mol. The van der Waals surface area contributed by atoms with E-state index in [4.69, 9.17) is 23.2 Å². The molecule has 1 fully saturated rings. The van der Waals surface area contributed by atoms with Gasteiger partial charge < -0.3 is 0 Å². The van der Waals surface area contributed by atoms with Gasteiger partial charge in [-0.3, -0.25) is 0 Å². The van der Waals surface area contributed by atoms with Crippen LogP contribution in [0.15, 0.2) is 24.3 Å². The maximum absolute atomic E-state index is 6.37. The van der Waals surface area contributed by atoms with E-state index < -0.39 is 0 Å². The van der Waals surface area contributed by atoms with Crippen LogP contribution in [0.4, 0.5) is 0 Å². The van der Waals surface area contributed by atoms with Gasteiger partial charge in [0.15, 0.2) is 0 Å². The summed E-state index contributed by atoms with van der Waals surface area (Å²) in [6.07, 6.45) is 5.41. The van der Waals surface area contributed by atoms with Crippen molar-refractivity contribution in [3.63, 3.8) is 0 Å². The highest BCUT2D eigenvalue weighted by molar-refractivity contribution is 6.34. The molecule has 1 aromatic carbocycles. The Hall–Kier alpha value is -1.12. The van der Waals surface area contributed by atoms with E-state index in [0.717, 1.165) is 18.4 Å². The number of nitrogens with zero attached hydrogens (tertiary/aromatic N) is 2. The molecule has 1 heterocycles. The Balaban J connectivity index is 1.85. The fraction of sp³-hybridized carbons (Fsp3) is 0.412. The second-order valence-electron chi connectivity index (χ2n) is 5.78. The van der Waals surface area contributed by atoms with Gasteiger partial charge in [0.2, 0.25) is 0 Å². The van der Waals surface area contributed by atoms with Crippen molar-refractivity contribution in [2.45, 2.75) is 44.9 Å². The van der Waals surface area contributed by atoms with Crippen LogP contribution in [0, 0.1) is 6.92 Å². The van der Waals surface area contributed by atoms with Gasteiger partial charge in [-0.05, 0) is 31.2 Å². The number of halogens is 2. The molecule has 1 aromatic heterocycles. The summed E-state index contributed by atoms with van der Waals surface area (Å²) in [6.45, 7) is 2.07. The highest BCUT2D eigenvalue weighted by Crippen LogP contribution is 2.40. The molecule has 1 aliphatic carbocycles. The van der Waals surface area contributed by atoms with Crippen molar-refractivity contribution in [1.29, 1.82) is 0 Å². The van der Waals surface area contributed by atoms with Gasteiger partial charge in [-0.2, -0.15) is 0 Å². The quantitative estimate of drug-likeness (QED) is 0.713. The van der Waals surface area contributed by atoms with Crippen molar-refractivity contribution in [3.05, 3.63) is 57.1 Å². The Morgan fingerprint density at radius 1 is 1.00 bits per heavy atom. The normalized spacial score (nSPS) is 15.6. The molecule has 0 amide bonds. The Bertz CT molecular complexity index is 609. The smallest absolute Gasteiger partial charge is 0.137 e. The molecule has 0 spiro atoms. The van der Waals surface area contributed by atoms with E-state index in [9.17, 15) is 0 Å². The lowest BCUT2D eigenvalue weighted by Crippen LogP contribution is -2.04. The minimum absolute atomic E-state index is 0.429. The van der Waals surface area contributed by atoms with Gasteiger partial charge in [0.05, 0.1) is 0 Å². The van der Waals surface area contributed by atoms with Gasteiger partial charge in [0.1, 0.15) is 16.1 Å². The zero-order valence-electron chi connectivity index (χ0n) is 12.1. The lowest BCUT2D eigenvalue weighted by atomic mass is 10.0. The van der Waals surface area contributed by atoms with Crippen molar-refractivity contribution in [2.75, 3.05) is 0 Å². The molecule has 0 radical (unpaired) electrons. The van der Waals surface area contributed by atoms with Gasteiger partial charge in [0, 0.05) is 12.0 Å². The Labute approximate surface area is 135 Å². The summed E-state index contributed by atoms with van der Waals surface area (Å²) in [5, 5.41) is 1.06. The van der Waals surface area contributed by atoms with Crippen molar-refractivity contribution < 1.29 is 0 Å². The van der Waals surface area contributed by atoms with Crippen LogP contribution in [0.5, 0.6) is 0 Å². The number of rotatable bonds is 3. The van der Waals surface area contributed by atoms with E-state index in [-0.39, 0.29) is 0 Å². The summed E-state index contributed by atoms with van der Waals surface area (Å²) in [5.41, 5.74) is 3.36. The Morgan fingerprint density at radius 3 is 2.14 bits per heavy atom. The number of hydrogen-bond acceptors (Lipinski definition) is 2. The molecule has 3 rings (SSSR count). The lowest BCUT2D eigenvalue weighted by Gasteiger charge is -2.13. The third-order valence-electron chi connectivity index (χ3n) is 4.15. The maximum Gasteiger partial charge on any atom is 0.137 e. The number of hydrogen-bond donors (Lipinski definition) is 0. The first-order chi connectivity index (χ1) is 10.1. The highest BCUT2D eigenvalue weighted by Gasteiger charge is 2.24. The third kappa shape index (κ3) is 3.38. The fourth-order valence-corrected chi connectivity index (χ4v) is 3.71. The highest BCUT2D eigenvalue weighted by atomic mass is 35.5. The molecule has 0 atom stereocenters. The molecule has 110 valence electrons. The largest absolute Gasteiger partial charge is 0.220 e. The summed E-state index contributed by atoms with van der Waals surface area (Å²) >= 11 is 12.7. The van der Waals surface area contributed by atoms with Gasteiger partial charge in [0.25, 0.3) is 0 Å². The van der Waals surface area contributed by atoms with Gasteiger partial charge >= 0.3 is 0 Å². The summed E-state index contributed by atoms with van der Waals surface area (Å²) in [6, 6.07) is 8.35. The average molecular weight is 321 g/mol. The molecule has 0 bridgehead atoms. The molecule has 2 nitrogen and oxygen atoms in total. The van der Waals surface area contributed by atoms with Crippen molar-refractivity contribution in [3.8, 4) is 0 Å². The standard InChI is InChI=1S/C17H18Cl2N2/c1-11-6-8-12(9-7-11)10-14-20-16(18)15(17(19)21-14)13-4-2-3-5-13/h6-9,13H,2-5,10H2,1H3. The minimum atomic E-state index is 0.429. The molecule has 21 heavy (non-hydrogen) atoms.